The number of piperazine rings is 1. The van der Waals surface area contributed by atoms with Crippen molar-refractivity contribution in [2.75, 3.05) is 30.6 Å². The van der Waals surface area contributed by atoms with Crippen LogP contribution in [0.5, 0.6) is 11.5 Å². The summed E-state index contributed by atoms with van der Waals surface area (Å²) in [5, 5.41) is 0. The Morgan fingerprint density at radius 3 is 2.31 bits per heavy atom. The van der Waals surface area contributed by atoms with Gasteiger partial charge in [0.1, 0.15) is 29.6 Å². The summed E-state index contributed by atoms with van der Waals surface area (Å²) >= 11 is 0. The molecule has 1 saturated heterocycles. The fourth-order valence-corrected chi connectivity index (χ4v) is 4.10. The molecule has 0 unspecified atom stereocenters. The smallest absolute Gasteiger partial charge is 0.258 e. The third-order valence-corrected chi connectivity index (χ3v) is 5.64. The zero-order valence-electron chi connectivity index (χ0n) is 18.8. The first-order valence-electron chi connectivity index (χ1n) is 10.3. The number of rotatable bonds is 5. The van der Waals surface area contributed by atoms with Gasteiger partial charge in [-0.1, -0.05) is 17.7 Å². The van der Waals surface area contributed by atoms with Gasteiger partial charge in [0.15, 0.2) is 6.04 Å². The monoisotopic (exact) mass is 434 g/mol. The lowest BCUT2D eigenvalue weighted by molar-refractivity contribution is -0.129. The Labute approximate surface area is 187 Å². The fourth-order valence-electron chi connectivity index (χ4n) is 4.10. The third-order valence-electron chi connectivity index (χ3n) is 5.64. The molecular weight excluding hydrogens is 408 g/mol. The number of methoxy groups -OCH3 is 2. The summed E-state index contributed by atoms with van der Waals surface area (Å²) < 4.78 is 16.7. The van der Waals surface area contributed by atoms with Crippen molar-refractivity contribution < 1.29 is 23.5 Å². The van der Waals surface area contributed by atoms with E-state index in [1.54, 1.807) is 42.3 Å². The summed E-state index contributed by atoms with van der Waals surface area (Å²) in [5.74, 6) is 1.60. The van der Waals surface area contributed by atoms with Crippen molar-refractivity contribution in [3.8, 4) is 11.5 Å². The molecule has 1 aliphatic heterocycles. The first-order chi connectivity index (χ1) is 15.3. The number of aryl methyl sites for hydroxylation is 3. The van der Waals surface area contributed by atoms with Crippen molar-refractivity contribution in [2.45, 2.75) is 26.8 Å². The van der Waals surface area contributed by atoms with Gasteiger partial charge in [0, 0.05) is 11.8 Å². The van der Waals surface area contributed by atoms with Crippen molar-refractivity contribution in [3.05, 3.63) is 71.2 Å². The lowest BCUT2D eigenvalue weighted by atomic mass is 10.0. The van der Waals surface area contributed by atoms with Crippen LogP contribution in [-0.2, 0) is 9.59 Å². The molecule has 2 amide bonds. The molecule has 166 valence electrons. The van der Waals surface area contributed by atoms with Gasteiger partial charge >= 0.3 is 0 Å². The molecule has 2 heterocycles. The first kappa shape index (κ1) is 21.5. The summed E-state index contributed by atoms with van der Waals surface area (Å²) in [5.41, 5.74) is 3.14. The van der Waals surface area contributed by atoms with Gasteiger partial charge in [-0.2, -0.15) is 0 Å². The van der Waals surface area contributed by atoms with Crippen molar-refractivity contribution in [1.82, 2.24) is 0 Å². The number of carbonyl (C=O) groups excluding carboxylic acids is 2. The van der Waals surface area contributed by atoms with Crippen LogP contribution < -0.4 is 19.3 Å². The highest BCUT2D eigenvalue weighted by Gasteiger charge is 2.44. The number of ether oxygens (including phenoxy) is 2. The van der Waals surface area contributed by atoms with Crippen LogP contribution in [0.1, 0.15) is 28.7 Å². The maximum Gasteiger partial charge on any atom is 0.258 e. The second-order valence-corrected chi connectivity index (χ2v) is 7.87. The van der Waals surface area contributed by atoms with Crippen LogP contribution in [0.25, 0.3) is 0 Å². The number of benzene rings is 2. The molecule has 0 spiro atoms. The van der Waals surface area contributed by atoms with Gasteiger partial charge in [-0.05, 0) is 56.7 Å². The van der Waals surface area contributed by atoms with Gasteiger partial charge < -0.3 is 13.9 Å². The van der Waals surface area contributed by atoms with Crippen LogP contribution in [0.15, 0.2) is 52.9 Å². The number of carbonyl (C=O) groups is 2. The highest BCUT2D eigenvalue weighted by Crippen LogP contribution is 2.40. The predicted octanol–water partition coefficient (Wildman–Crippen LogP) is 4.34. The Kier molecular flexibility index (Phi) is 5.65. The molecular formula is C25H26N2O5. The molecule has 4 rings (SSSR count). The molecule has 0 N–H and O–H groups in total. The van der Waals surface area contributed by atoms with E-state index in [1.807, 2.05) is 39.0 Å². The van der Waals surface area contributed by atoms with Crippen molar-refractivity contribution >= 4 is 23.2 Å². The summed E-state index contributed by atoms with van der Waals surface area (Å²) in [6.45, 7) is 5.60. The summed E-state index contributed by atoms with van der Waals surface area (Å²) in [4.78, 5) is 30.4. The quantitative estimate of drug-likeness (QED) is 0.597. The molecule has 1 aromatic heterocycles. The molecule has 0 bridgehead atoms. The SMILES string of the molecule is COc1ccc(OC)c(N2CC(=O)N(c3ccc(C)cc3C)[C@H](c3ccc(C)o3)C2=O)c1. The molecule has 0 saturated carbocycles. The molecule has 1 aliphatic rings. The number of hydrogen-bond donors (Lipinski definition) is 0. The molecule has 2 aromatic carbocycles. The standard InChI is InChI=1S/C25H26N2O5/c1-15-6-9-19(16(2)12-15)27-23(28)14-26(20-13-18(30-4)8-11-21(20)31-5)25(29)24(27)22-10-7-17(3)32-22/h6-13,24H,14H2,1-5H3/t24-/m1/s1. The first-order valence-corrected chi connectivity index (χ1v) is 10.3. The van der Waals surface area contributed by atoms with E-state index in [0.29, 0.717) is 34.4 Å². The maximum absolute atomic E-state index is 13.9. The normalized spacial score (nSPS) is 16.5. The van der Waals surface area contributed by atoms with E-state index in [9.17, 15) is 9.59 Å². The highest BCUT2D eigenvalue weighted by atomic mass is 16.5. The number of amides is 2. The molecule has 32 heavy (non-hydrogen) atoms. The van der Waals surface area contributed by atoms with Crippen LogP contribution in [0.2, 0.25) is 0 Å². The van der Waals surface area contributed by atoms with E-state index in [1.165, 1.54) is 12.0 Å². The van der Waals surface area contributed by atoms with Crippen LogP contribution in [0.3, 0.4) is 0 Å². The van der Waals surface area contributed by atoms with Crippen LogP contribution >= 0.6 is 0 Å². The Morgan fingerprint density at radius 1 is 0.906 bits per heavy atom. The molecule has 0 aliphatic carbocycles. The zero-order chi connectivity index (χ0) is 23.0. The molecule has 7 heteroatoms. The number of nitrogens with zero attached hydrogens (tertiary/aromatic N) is 2. The Balaban J connectivity index is 1.85. The Morgan fingerprint density at radius 2 is 1.69 bits per heavy atom. The van der Waals surface area contributed by atoms with Gasteiger partial charge in [0.25, 0.3) is 5.91 Å². The highest BCUT2D eigenvalue weighted by molar-refractivity contribution is 6.15. The van der Waals surface area contributed by atoms with Crippen molar-refractivity contribution in [3.63, 3.8) is 0 Å². The minimum absolute atomic E-state index is 0.133. The largest absolute Gasteiger partial charge is 0.497 e. The molecule has 1 atom stereocenters. The van der Waals surface area contributed by atoms with Crippen LogP contribution in [0.4, 0.5) is 11.4 Å². The number of hydrogen-bond acceptors (Lipinski definition) is 5. The average molecular weight is 434 g/mol. The minimum atomic E-state index is -0.942. The number of furan rings is 1. The summed E-state index contributed by atoms with van der Waals surface area (Å²) in [7, 11) is 3.07. The van der Waals surface area contributed by atoms with Gasteiger partial charge in [-0.3, -0.25) is 19.4 Å². The van der Waals surface area contributed by atoms with Crippen LogP contribution in [-0.4, -0.2) is 32.6 Å². The molecule has 7 nitrogen and oxygen atoms in total. The topological polar surface area (TPSA) is 72.2 Å². The number of anilines is 2. The molecule has 0 radical (unpaired) electrons. The van der Waals surface area contributed by atoms with E-state index in [0.717, 1.165) is 11.1 Å². The Hall–Kier alpha value is -3.74. The molecule has 3 aromatic rings. The third kappa shape index (κ3) is 3.70. The second kappa shape index (κ2) is 8.42. The fraction of sp³-hybridized carbons (Fsp3) is 0.280. The second-order valence-electron chi connectivity index (χ2n) is 7.87. The zero-order valence-corrected chi connectivity index (χ0v) is 18.8. The van der Waals surface area contributed by atoms with Crippen LogP contribution in [0, 0.1) is 20.8 Å². The van der Waals surface area contributed by atoms with E-state index < -0.39 is 6.04 Å². The van der Waals surface area contributed by atoms with Crippen molar-refractivity contribution in [2.24, 2.45) is 0 Å². The minimum Gasteiger partial charge on any atom is -0.497 e. The van der Waals surface area contributed by atoms with Gasteiger partial charge in [0.2, 0.25) is 5.91 Å². The lowest BCUT2D eigenvalue weighted by Crippen LogP contribution is -2.56. The van der Waals surface area contributed by atoms with E-state index in [-0.39, 0.29) is 18.4 Å². The summed E-state index contributed by atoms with van der Waals surface area (Å²) in [6, 6.07) is 13.6. The van der Waals surface area contributed by atoms with E-state index in [4.69, 9.17) is 13.9 Å². The average Bonchev–Trinajstić information content (AvgIpc) is 3.20. The Bertz CT molecular complexity index is 1180. The van der Waals surface area contributed by atoms with Gasteiger partial charge in [-0.15, -0.1) is 0 Å². The lowest BCUT2D eigenvalue weighted by Gasteiger charge is -2.40. The molecule has 1 fully saturated rings. The van der Waals surface area contributed by atoms with Crippen molar-refractivity contribution in [1.29, 1.82) is 0 Å². The van der Waals surface area contributed by atoms with E-state index in [2.05, 4.69) is 0 Å². The maximum atomic E-state index is 13.9. The predicted molar refractivity (Wildman–Crippen MR) is 121 cm³/mol. The van der Waals surface area contributed by atoms with E-state index >= 15 is 0 Å². The summed E-state index contributed by atoms with van der Waals surface area (Å²) in [6.07, 6.45) is 0. The van der Waals surface area contributed by atoms with Gasteiger partial charge in [-0.25, -0.2) is 0 Å². The van der Waals surface area contributed by atoms with Gasteiger partial charge in [0.05, 0.1) is 19.9 Å².